The Morgan fingerprint density at radius 2 is 0.964 bits per heavy atom. The maximum Gasteiger partial charge on any atom is 0.469 e. The van der Waals surface area contributed by atoms with Crippen LogP contribution in [0.5, 0.6) is 0 Å². The summed E-state index contributed by atoms with van der Waals surface area (Å²) in [5.41, 5.74) is 0. The minimum absolute atomic E-state index is 0.157. The van der Waals surface area contributed by atoms with Crippen LogP contribution >= 0.6 is 7.82 Å². The van der Waals surface area contributed by atoms with E-state index in [4.69, 9.17) is 9.79 Å². The highest BCUT2D eigenvalue weighted by Crippen LogP contribution is 2.35. The molecule has 0 unspecified atom stereocenters. The van der Waals surface area contributed by atoms with E-state index < -0.39 is 7.82 Å². The van der Waals surface area contributed by atoms with Gasteiger partial charge in [0, 0.05) is 0 Å². The van der Waals surface area contributed by atoms with Crippen molar-refractivity contribution in [3.05, 3.63) is 0 Å². The molecule has 6 heteroatoms. The molecule has 0 saturated carbocycles. The molecule has 172 valence electrons. The molecule has 0 atom stereocenters. The van der Waals surface area contributed by atoms with E-state index >= 15 is 0 Å². The normalized spacial score (nSPS) is 11.3. The molecule has 0 aromatic carbocycles. The van der Waals surface area contributed by atoms with Crippen LogP contribution in [0.1, 0.15) is 124 Å². The van der Waals surface area contributed by atoms with Crippen LogP contribution in [0, 0.1) is 0 Å². The molecule has 3 N–H and O–H groups in total. The average molecular weight is 424 g/mol. The molecule has 0 spiro atoms. The number of phosphoric ester groups is 1. The summed E-state index contributed by atoms with van der Waals surface area (Å²) >= 11 is 0. The summed E-state index contributed by atoms with van der Waals surface area (Å²) in [5, 5.41) is 3.57. The molecular formula is C22H50NO4P. The maximum absolute atomic E-state index is 10.1. The molecule has 0 radical (unpaired) electrons. The van der Waals surface area contributed by atoms with Crippen molar-refractivity contribution in [3.63, 3.8) is 0 Å². The summed E-state index contributed by atoms with van der Waals surface area (Å²) < 4.78 is 14.4. The van der Waals surface area contributed by atoms with E-state index in [0.717, 1.165) is 25.7 Å². The van der Waals surface area contributed by atoms with Gasteiger partial charge in [0.2, 0.25) is 0 Å². The van der Waals surface area contributed by atoms with Gasteiger partial charge in [-0.05, 0) is 32.4 Å². The first-order chi connectivity index (χ1) is 13.5. The lowest BCUT2D eigenvalue weighted by atomic mass is 10.1. The number of rotatable bonds is 20. The fraction of sp³-hybridized carbons (Fsp3) is 1.00. The SMILES string of the molecule is CCCCCCCCNCCCCCCCC.CCCCCCOP(=O)(O)O. The summed E-state index contributed by atoms with van der Waals surface area (Å²) in [4.78, 5) is 16.5. The lowest BCUT2D eigenvalue weighted by molar-refractivity contribution is 0.193. The molecule has 0 amide bonds. The Bertz CT molecular complexity index is 310. The Labute approximate surface area is 175 Å². The standard InChI is InChI=1S/C16H35N.C6H15O4P/c1-3-5-7-9-11-13-15-17-16-14-12-10-8-6-4-2;1-2-3-4-5-6-10-11(7,8)9/h17H,3-16H2,1-2H3;2-6H2,1H3,(H2,7,8,9). The van der Waals surface area contributed by atoms with Gasteiger partial charge in [0.05, 0.1) is 6.61 Å². The van der Waals surface area contributed by atoms with Gasteiger partial charge in [0.25, 0.3) is 0 Å². The van der Waals surface area contributed by atoms with Crippen LogP contribution in [0.25, 0.3) is 0 Å². The minimum atomic E-state index is -4.21. The quantitative estimate of drug-likeness (QED) is 0.145. The van der Waals surface area contributed by atoms with E-state index in [0.29, 0.717) is 0 Å². The monoisotopic (exact) mass is 423 g/mol. The molecule has 28 heavy (non-hydrogen) atoms. The molecule has 0 saturated heterocycles. The summed E-state index contributed by atoms with van der Waals surface area (Å²) in [7, 11) is -4.21. The van der Waals surface area contributed by atoms with Gasteiger partial charge in [0.15, 0.2) is 0 Å². The second kappa shape index (κ2) is 25.1. The van der Waals surface area contributed by atoms with Gasteiger partial charge in [-0.2, -0.15) is 0 Å². The molecule has 0 aliphatic carbocycles. The van der Waals surface area contributed by atoms with E-state index in [1.165, 1.54) is 90.1 Å². The van der Waals surface area contributed by atoms with Gasteiger partial charge in [-0.25, -0.2) is 4.57 Å². The van der Waals surface area contributed by atoms with Gasteiger partial charge in [-0.3, -0.25) is 4.52 Å². The third-order valence-electron chi connectivity index (χ3n) is 4.67. The summed E-state index contributed by atoms with van der Waals surface area (Å²) in [5.74, 6) is 0. The van der Waals surface area contributed by atoms with Crippen LogP contribution < -0.4 is 5.32 Å². The molecule has 0 rings (SSSR count). The van der Waals surface area contributed by atoms with Crippen LogP contribution in [-0.2, 0) is 9.09 Å². The van der Waals surface area contributed by atoms with Crippen LogP contribution in [-0.4, -0.2) is 29.5 Å². The molecule has 0 fully saturated rings. The summed E-state index contributed by atoms with van der Waals surface area (Å²) in [6, 6.07) is 0. The molecule has 0 aliphatic heterocycles. The maximum atomic E-state index is 10.1. The first kappa shape index (κ1) is 30.3. The number of phosphoric acid groups is 1. The molecule has 0 aromatic heterocycles. The second-order valence-electron chi connectivity index (χ2n) is 7.67. The van der Waals surface area contributed by atoms with E-state index in [1.807, 2.05) is 0 Å². The Hall–Kier alpha value is 0.0700. The van der Waals surface area contributed by atoms with Crippen molar-refractivity contribution < 1.29 is 18.9 Å². The average Bonchev–Trinajstić information content (AvgIpc) is 2.65. The van der Waals surface area contributed by atoms with E-state index in [1.54, 1.807) is 0 Å². The largest absolute Gasteiger partial charge is 0.469 e. The van der Waals surface area contributed by atoms with Crippen molar-refractivity contribution in [3.8, 4) is 0 Å². The highest BCUT2D eigenvalue weighted by Gasteiger charge is 2.11. The summed E-state index contributed by atoms with van der Waals surface area (Å²) in [6.45, 7) is 9.26. The fourth-order valence-corrected chi connectivity index (χ4v) is 3.26. The second-order valence-corrected chi connectivity index (χ2v) is 8.91. The van der Waals surface area contributed by atoms with Gasteiger partial charge < -0.3 is 15.1 Å². The predicted octanol–water partition coefficient (Wildman–Crippen LogP) is 6.97. The number of hydrogen-bond acceptors (Lipinski definition) is 3. The van der Waals surface area contributed by atoms with Crippen LogP contribution in [0.3, 0.4) is 0 Å². The van der Waals surface area contributed by atoms with Crippen LogP contribution in [0.2, 0.25) is 0 Å². The number of unbranched alkanes of at least 4 members (excludes halogenated alkanes) is 13. The highest BCUT2D eigenvalue weighted by molar-refractivity contribution is 7.46. The van der Waals surface area contributed by atoms with E-state index in [-0.39, 0.29) is 6.61 Å². The fourth-order valence-electron chi connectivity index (χ4n) is 2.90. The lowest BCUT2D eigenvalue weighted by Gasteiger charge is -2.04. The predicted molar refractivity (Wildman–Crippen MR) is 122 cm³/mol. The van der Waals surface area contributed by atoms with E-state index in [2.05, 4.69) is 30.6 Å². The first-order valence-corrected chi connectivity index (χ1v) is 13.4. The molecule has 0 heterocycles. The smallest absolute Gasteiger partial charge is 0.317 e. The van der Waals surface area contributed by atoms with Gasteiger partial charge in [0.1, 0.15) is 0 Å². The van der Waals surface area contributed by atoms with E-state index in [9.17, 15) is 4.57 Å². The zero-order valence-electron chi connectivity index (χ0n) is 19.1. The minimum Gasteiger partial charge on any atom is -0.317 e. The molecular weight excluding hydrogens is 373 g/mol. The number of hydrogen-bond donors (Lipinski definition) is 3. The van der Waals surface area contributed by atoms with Gasteiger partial charge >= 0.3 is 7.82 Å². The third-order valence-corrected chi connectivity index (χ3v) is 5.19. The van der Waals surface area contributed by atoms with Gasteiger partial charge in [-0.1, -0.05) is 104 Å². The molecule has 0 aliphatic rings. The topological polar surface area (TPSA) is 78.8 Å². The van der Waals surface area contributed by atoms with Crippen LogP contribution in [0.15, 0.2) is 0 Å². The third kappa shape index (κ3) is 33.6. The van der Waals surface area contributed by atoms with Crippen molar-refractivity contribution in [2.75, 3.05) is 19.7 Å². The Balaban J connectivity index is 0. The number of nitrogens with one attached hydrogen (secondary N) is 1. The van der Waals surface area contributed by atoms with Crippen molar-refractivity contribution >= 4 is 7.82 Å². The Morgan fingerprint density at radius 3 is 1.36 bits per heavy atom. The van der Waals surface area contributed by atoms with Crippen molar-refractivity contribution in [2.45, 2.75) is 124 Å². The highest BCUT2D eigenvalue weighted by atomic mass is 31.2. The molecule has 0 aromatic rings. The van der Waals surface area contributed by atoms with Crippen molar-refractivity contribution in [2.24, 2.45) is 0 Å². The Kier molecular flexibility index (Phi) is 27.1. The summed E-state index contributed by atoms with van der Waals surface area (Å²) in [6.07, 6.45) is 20.8. The van der Waals surface area contributed by atoms with Crippen molar-refractivity contribution in [1.29, 1.82) is 0 Å². The lowest BCUT2D eigenvalue weighted by Crippen LogP contribution is -2.16. The van der Waals surface area contributed by atoms with Crippen LogP contribution in [0.4, 0.5) is 0 Å². The zero-order chi connectivity index (χ0) is 21.3. The van der Waals surface area contributed by atoms with Gasteiger partial charge in [-0.15, -0.1) is 0 Å². The molecule has 5 nitrogen and oxygen atoms in total. The molecule has 0 bridgehead atoms. The zero-order valence-corrected chi connectivity index (χ0v) is 20.0. The Morgan fingerprint density at radius 1 is 0.607 bits per heavy atom. The first-order valence-electron chi connectivity index (χ1n) is 11.9. The van der Waals surface area contributed by atoms with Crippen molar-refractivity contribution in [1.82, 2.24) is 5.32 Å².